The summed E-state index contributed by atoms with van der Waals surface area (Å²) >= 11 is 0. The molecule has 0 amide bonds. The van der Waals surface area contributed by atoms with Crippen molar-refractivity contribution < 1.29 is 13.6 Å². The molecule has 0 fully saturated rings. The van der Waals surface area contributed by atoms with Crippen molar-refractivity contribution in [2.24, 2.45) is 0 Å². The number of aryl methyl sites for hydroxylation is 1. The second-order valence-electron chi connectivity index (χ2n) is 3.74. The number of carbonyl (C=O) groups is 1. The van der Waals surface area contributed by atoms with Gasteiger partial charge in [0.2, 0.25) is 0 Å². The molecule has 1 rings (SSSR count). The number of carbonyl (C=O) groups excluding carboxylic acids is 1. The summed E-state index contributed by atoms with van der Waals surface area (Å²) in [5.74, 6) is -1.22. The molecule has 0 saturated carbocycles. The third kappa shape index (κ3) is 3.49. The van der Waals surface area contributed by atoms with E-state index in [2.05, 4.69) is 10.6 Å². The van der Waals surface area contributed by atoms with Crippen LogP contribution in [0.15, 0.2) is 12.1 Å². The van der Waals surface area contributed by atoms with Gasteiger partial charge < -0.3 is 15.4 Å². The third-order valence-electron chi connectivity index (χ3n) is 2.65. The minimum Gasteiger partial charge on any atom is -0.386 e. The monoisotopic (exact) mass is 242 g/mol. The highest BCUT2D eigenvalue weighted by Crippen LogP contribution is 2.22. The molecule has 2 N–H and O–H groups in total. The number of halogens is 2. The molecule has 0 unspecified atom stereocenters. The van der Waals surface area contributed by atoms with E-state index in [1.165, 1.54) is 6.07 Å². The molecule has 0 aliphatic heterocycles. The van der Waals surface area contributed by atoms with Crippen LogP contribution >= 0.6 is 0 Å². The lowest BCUT2D eigenvalue weighted by atomic mass is 10.0. The van der Waals surface area contributed by atoms with Crippen LogP contribution in [-0.4, -0.2) is 26.4 Å². The van der Waals surface area contributed by atoms with Crippen molar-refractivity contribution in [1.82, 2.24) is 5.32 Å². The van der Waals surface area contributed by atoms with Gasteiger partial charge in [-0.3, -0.25) is 0 Å². The summed E-state index contributed by atoms with van der Waals surface area (Å²) in [5, 5.41) is 5.51. The summed E-state index contributed by atoms with van der Waals surface area (Å²) < 4.78 is 26.5. The molecule has 0 saturated heterocycles. The molecule has 1 atom stereocenters. The lowest BCUT2D eigenvalue weighted by Crippen LogP contribution is -2.27. The molecule has 1 aromatic carbocycles. The fourth-order valence-corrected chi connectivity index (χ4v) is 1.70. The Balaban J connectivity index is 2.85. The second-order valence-corrected chi connectivity index (χ2v) is 3.74. The first-order chi connectivity index (χ1) is 8.12. The largest absolute Gasteiger partial charge is 0.386 e. The number of anilines is 1. The van der Waals surface area contributed by atoms with Gasteiger partial charge in [-0.1, -0.05) is 0 Å². The van der Waals surface area contributed by atoms with Crippen LogP contribution in [0.5, 0.6) is 0 Å². The van der Waals surface area contributed by atoms with E-state index in [1.54, 1.807) is 14.1 Å². The van der Waals surface area contributed by atoms with Crippen molar-refractivity contribution in [2.75, 3.05) is 19.4 Å². The summed E-state index contributed by atoms with van der Waals surface area (Å²) in [7, 11) is 3.25. The van der Waals surface area contributed by atoms with E-state index < -0.39 is 11.6 Å². The minimum atomic E-state index is -0.616. The van der Waals surface area contributed by atoms with Gasteiger partial charge in [-0.15, -0.1) is 0 Å². The highest BCUT2D eigenvalue weighted by molar-refractivity contribution is 5.58. The summed E-state index contributed by atoms with van der Waals surface area (Å²) in [6.07, 6.45) is 1.71. The SMILES string of the molecule is CNc1c(F)cc(F)cc1CC[C@@H](C=O)NC. The van der Waals surface area contributed by atoms with E-state index in [4.69, 9.17) is 0 Å². The fourth-order valence-electron chi connectivity index (χ4n) is 1.70. The van der Waals surface area contributed by atoms with Gasteiger partial charge in [0, 0.05) is 13.1 Å². The number of nitrogens with one attached hydrogen (secondary N) is 2. The Bertz CT molecular complexity index is 396. The normalized spacial score (nSPS) is 12.2. The van der Waals surface area contributed by atoms with Crippen LogP contribution in [-0.2, 0) is 11.2 Å². The number of hydrogen-bond donors (Lipinski definition) is 2. The van der Waals surface area contributed by atoms with Gasteiger partial charge in [-0.2, -0.15) is 0 Å². The molecule has 0 spiro atoms. The van der Waals surface area contributed by atoms with Crippen molar-refractivity contribution in [3.63, 3.8) is 0 Å². The molecule has 0 heterocycles. The average molecular weight is 242 g/mol. The van der Waals surface area contributed by atoms with Crippen LogP contribution in [0.25, 0.3) is 0 Å². The van der Waals surface area contributed by atoms with E-state index in [-0.39, 0.29) is 11.7 Å². The number of aldehydes is 1. The topological polar surface area (TPSA) is 41.1 Å². The predicted molar refractivity (Wildman–Crippen MR) is 63.1 cm³/mol. The molecule has 0 radical (unpaired) electrons. The Hall–Kier alpha value is -1.49. The Kier molecular flexibility index (Phi) is 5.03. The van der Waals surface area contributed by atoms with E-state index in [1.807, 2.05) is 0 Å². The van der Waals surface area contributed by atoms with Crippen LogP contribution in [0.4, 0.5) is 14.5 Å². The first-order valence-corrected chi connectivity index (χ1v) is 5.40. The second kappa shape index (κ2) is 6.30. The smallest absolute Gasteiger partial charge is 0.149 e. The fraction of sp³-hybridized carbons (Fsp3) is 0.417. The molecule has 0 aliphatic carbocycles. The molecule has 0 aliphatic rings. The van der Waals surface area contributed by atoms with E-state index in [9.17, 15) is 13.6 Å². The lowest BCUT2D eigenvalue weighted by Gasteiger charge is -2.13. The molecular weight excluding hydrogens is 226 g/mol. The zero-order chi connectivity index (χ0) is 12.8. The maximum Gasteiger partial charge on any atom is 0.149 e. The molecule has 3 nitrogen and oxygen atoms in total. The Morgan fingerprint density at radius 3 is 2.59 bits per heavy atom. The van der Waals surface area contributed by atoms with Gasteiger partial charge in [0.1, 0.15) is 17.9 Å². The highest BCUT2D eigenvalue weighted by atomic mass is 19.1. The molecule has 0 aromatic heterocycles. The van der Waals surface area contributed by atoms with Crippen LogP contribution < -0.4 is 10.6 Å². The standard InChI is InChI=1S/C12H16F2N2O/c1-15-10(7-17)4-3-8-5-9(13)6-11(14)12(8)16-2/h5-7,10,15-16H,3-4H2,1-2H3/t10-/m0/s1. The van der Waals surface area contributed by atoms with Gasteiger partial charge in [0.25, 0.3) is 0 Å². The molecule has 1 aromatic rings. The highest BCUT2D eigenvalue weighted by Gasteiger charge is 2.12. The van der Waals surface area contributed by atoms with Gasteiger partial charge in [0.05, 0.1) is 11.7 Å². The number of rotatable bonds is 6. The Labute approximate surface area is 99.2 Å². The number of hydrogen-bond acceptors (Lipinski definition) is 3. The summed E-state index contributed by atoms with van der Waals surface area (Å²) in [6, 6.07) is 1.82. The number of benzene rings is 1. The van der Waals surface area contributed by atoms with Crippen molar-refractivity contribution in [3.05, 3.63) is 29.3 Å². The van der Waals surface area contributed by atoms with Crippen molar-refractivity contribution >= 4 is 12.0 Å². The van der Waals surface area contributed by atoms with Crippen molar-refractivity contribution in [3.8, 4) is 0 Å². The molecule has 94 valence electrons. The van der Waals surface area contributed by atoms with Gasteiger partial charge >= 0.3 is 0 Å². The first kappa shape index (κ1) is 13.6. The van der Waals surface area contributed by atoms with Gasteiger partial charge in [-0.05, 0) is 31.5 Å². The minimum absolute atomic E-state index is 0.284. The van der Waals surface area contributed by atoms with Gasteiger partial charge in [0.15, 0.2) is 0 Å². The predicted octanol–water partition coefficient (Wildman–Crippen LogP) is 1.73. The molecular formula is C12H16F2N2O. The maximum atomic E-state index is 13.4. The van der Waals surface area contributed by atoms with Crippen molar-refractivity contribution in [1.29, 1.82) is 0 Å². The lowest BCUT2D eigenvalue weighted by molar-refractivity contribution is -0.109. The third-order valence-corrected chi connectivity index (χ3v) is 2.65. The van der Waals surface area contributed by atoms with Crippen LogP contribution in [0.1, 0.15) is 12.0 Å². The molecule has 0 bridgehead atoms. The molecule has 17 heavy (non-hydrogen) atoms. The quantitative estimate of drug-likeness (QED) is 0.746. The Morgan fingerprint density at radius 1 is 1.35 bits per heavy atom. The number of likely N-dealkylation sites (N-methyl/N-ethyl adjacent to an activating group) is 1. The molecule has 5 heteroatoms. The van der Waals surface area contributed by atoms with E-state index >= 15 is 0 Å². The van der Waals surface area contributed by atoms with E-state index in [0.717, 1.165) is 12.4 Å². The van der Waals surface area contributed by atoms with Crippen molar-refractivity contribution in [2.45, 2.75) is 18.9 Å². The first-order valence-electron chi connectivity index (χ1n) is 5.40. The average Bonchev–Trinajstić information content (AvgIpc) is 2.29. The maximum absolute atomic E-state index is 13.4. The van der Waals surface area contributed by atoms with Crippen LogP contribution in [0.3, 0.4) is 0 Å². The zero-order valence-corrected chi connectivity index (χ0v) is 9.89. The van der Waals surface area contributed by atoms with Crippen LogP contribution in [0, 0.1) is 11.6 Å². The summed E-state index contributed by atoms with van der Waals surface area (Å²) in [4.78, 5) is 10.6. The summed E-state index contributed by atoms with van der Waals surface area (Å²) in [5.41, 5.74) is 0.819. The van der Waals surface area contributed by atoms with Crippen LogP contribution in [0.2, 0.25) is 0 Å². The van der Waals surface area contributed by atoms with Gasteiger partial charge in [-0.25, -0.2) is 8.78 Å². The zero-order valence-electron chi connectivity index (χ0n) is 9.89. The Morgan fingerprint density at radius 2 is 2.06 bits per heavy atom. The van der Waals surface area contributed by atoms with E-state index in [0.29, 0.717) is 18.4 Å². The summed E-state index contributed by atoms with van der Waals surface area (Å²) in [6.45, 7) is 0.